The van der Waals surface area contributed by atoms with E-state index in [1.54, 1.807) is 12.1 Å². The zero-order valence-electron chi connectivity index (χ0n) is 11.1. The number of nitrogens with zero attached hydrogens (tertiary/aromatic N) is 1. The molecule has 1 amide bonds. The van der Waals surface area contributed by atoms with Gasteiger partial charge in [0, 0.05) is 18.6 Å². The molecule has 1 rings (SSSR count). The van der Waals surface area contributed by atoms with Crippen molar-refractivity contribution in [3.05, 3.63) is 30.1 Å². The summed E-state index contributed by atoms with van der Waals surface area (Å²) in [6, 6.07) is 3.55. The Labute approximate surface area is 120 Å². The fourth-order valence-corrected chi connectivity index (χ4v) is 1.85. The minimum atomic E-state index is -0.364. The summed E-state index contributed by atoms with van der Waals surface area (Å²) in [7, 11) is 0. The van der Waals surface area contributed by atoms with E-state index in [1.807, 2.05) is 12.4 Å². The lowest BCUT2D eigenvalue weighted by Crippen LogP contribution is -2.33. The van der Waals surface area contributed by atoms with E-state index in [-0.39, 0.29) is 22.9 Å². The van der Waals surface area contributed by atoms with Crippen LogP contribution in [0.3, 0.4) is 0 Å². The quantitative estimate of drug-likeness (QED) is 0.581. The van der Waals surface area contributed by atoms with Crippen molar-refractivity contribution in [1.29, 1.82) is 0 Å². The lowest BCUT2D eigenvalue weighted by Gasteiger charge is -1.99. The van der Waals surface area contributed by atoms with Crippen LogP contribution >= 0.6 is 17.0 Å². The molecule has 4 heteroatoms. The van der Waals surface area contributed by atoms with E-state index in [4.69, 9.17) is 5.73 Å². The SMILES string of the molecule is Br.CCCCCCCC[n+]1ccc(C(N)=O)cc1. The Balaban J connectivity index is 0.00000289. The first-order chi connectivity index (χ1) is 8.24. The van der Waals surface area contributed by atoms with Gasteiger partial charge in [0.15, 0.2) is 12.4 Å². The van der Waals surface area contributed by atoms with Crippen molar-refractivity contribution in [2.75, 3.05) is 0 Å². The van der Waals surface area contributed by atoms with Crippen LogP contribution in [-0.2, 0) is 6.54 Å². The Morgan fingerprint density at radius 1 is 1.11 bits per heavy atom. The maximum atomic E-state index is 10.9. The number of aryl methyl sites for hydroxylation is 1. The summed E-state index contributed by atoms with van der Waals surface area (Å²) < 4.78 is 2.10. The summed E-state index contributed by atoms with van der Waals surface area (Å²) >= 11 is 0. The van der Waals surface area contributed by atoms with Crippen molar-refractivity contribution in [1.82, 2.24) is 0 Å². The lowest BCUT2D eigenvalue weighted by atomic mass is 10.1. The summed E-state index contributed by atoms with van der Waals surface area (Å²) in [5, 5.41) is 0. The van der Waals surface area contributed by atoms with Gasteiger partial charge in [-0.15, -0.1) is 17.0 Å². The average Bonchev–Trinajstić information content (AvgIpc) is 2.34. The number of primary amides is 1. The number of hydrogen-bond donors (Lipinski definition) is 1. The predicted octanol–water partition coefficient (Wildman–Crippen LogP) is 3.01. The van der Waals surface area contributed by atoms with Crippen molar-refractivity contribution in [2.24, 2.45) is 5.73 Å². The largest absolute Gasteiger partial charge is 0.366 e. The van der Waals surface area contributed by atoms with Gasteiger partial charge in [0.25, 0.3) is 0 Å². The third-order valence-corrected chi connectivity index (χ3v) is 2.95. The monoisotopic (exact) mass is 315 g/mol. The van der Waals surface area contributed by atoms with E-state index in [0.717, 1.165) is 6.54 Å². The molecule has 0 atom stereocenters. The minimum Gasteiger partial charge on any atom is -0.366 e. The molecule has 18 heavy (non-hydrogen) atoms. The summed E-state index contributed by atoms with van der Waals surface area (Å²) in [4.78, 5) is 10.9. The van der Waals surface area contributed by atoms with Gasteiger partial charge in [0.1, 0.15) is 6.54 Å². The standard InChI is InChI=1S/C14H22N2O.BrH/c1-2-3-4-5-6-7-10-16-11-8-13(9-12-16)14(15)17;/h8-9,11-12H,2-7,10H2,1H3,(H-,15,17);1H/p+1. The normalized spacial score (nSPS) is 9.83. The van der Waals surface area contributed by atoms with E-state index in [9.17, 15) is 4.79 Å². The molecule has 0 unspecified atom stereocenters. The second kappa shape index (κ2) is 10.1. The highest BCUT2D eigenvalue weighted by Gasteiger charge is 2.03. The number of pyridine rings is 1. The number of carbonyl (C=O) groups excluding carboxylic acids is 1. The van der Waals surface area contributed by atoms with Crippen LogP contribution in [0, 0.1) is 0 Å². The van der Waals surface area contributed by atoms with Crippen LogP contribution in [0.4, 0.5) is 0 Å². The molecule has 1 aromatic rings. The first kappa shape index (κ1) is 17.1. The molecular weight excluding hydrogens is 292 g/mol. The van der Waals surface area contributed by atoms with Crippen LogP contribution in [-0.4, -0.2) is 5.91 Å². The molecule has 0 aliphatic carbocycles. The molecule has 0 radical (unpaired) electrons. The number of aromatic nitrogens is 1. The topological polar surface area (TPSA) is 47.0 Å². The van der Waals surface area contributed by atoms with Gasteiger partial charge in [-0.25, -0.2) is 4.57 Å². The molecule has 0 aliphatic rings. The van der Waals surface area contributed by atoms with E-state index in [2.05, 4.69) is 11.5 Å². The Morgan fingerprint density at radius 2 is 1.67 bits per heavy atom. The first-order valence-corrected chi connectivity index (χ1v) is 6.53. The second-order valence-corrected chi connectivity index (χ2v) is 4.46. The van der Waals surface area contributed by atoms with Crippen LogP contribution in [0.25, 0.3) is 0 Å². The van der Waals surface area contributed by atoms with Gasteiger partial charge < -0.3 is 5.73 Å². The number of unbranched alkanes of at least 4 members (excludes halogenated alkanes) is 5. The highest BCUT2D eigenvalue weighted by atomic mass is 79.9. The molecule has 0 saturated carbocycles. The molecule has 1 heterocycles. The molecule has 0 bridgehead atoms. The van der Waals surface area contributed by atoms with Crippen molar-refractivity contribution >= 4 is 22.9 Å². The lowest BCUT2D eigenvalue weighted by molar-refractivity contribution is -0.697. The Hall–Kier alpha value is -0.900. The summed E-state index contributed by atoms with van der Waals surface area (Å²) in [6.07, 6.45) is 11.6. The highest BCUT2D eigenvalue weighted by molar-refractivity contribution is 8.93. The number of rotatable bonds is 8. The molecule has 0 aliphatic heterocycles. The fraction of sp³-hybridized carbons (Fsp3) is 0.571. The number of amides is 1. The van der Waals surface area contributed by atoms with Gasteiger partial charge >= 0.3 is 0 Å². The maximum Gasteiger partial charge on any atom is 0.249 e. The highest BCUT2D eigenvalue weighted by Crippen LogP contribution is 2.04. The minimum absolute atomic E-state index is 0. The van der Waals surface area contributed by atoms with Crippen molar-refractivity contribution < 1.29 is 9.36 Å². The molecule has 2 N–H and O–H groups in total. The van der Waals surface area contributed by atoms with Gasteiger partial charge in [-0.05, 0) is 6.42 Å². The third-order valence-electron chi connectivity index (χ3n) is 2.95. The molecule has 0 saturated heterocycles. The van der Waals surface area contributed by atoms with Crippen LogP contribution in [0.15, 0.2) is 24.5 Å². The van der Waals surface area contributed by atoms with E-state index >= 15 is 0 Å². The third kappa shape index (κ3) is 6.74. The summed E-state index contributed by atoms with van der Waals surface area (Å²) in [5.41, 5.74) is 5.76. The molecule has 0 fully saturated rings. The van der Waals surface area contributed by atoms with Crippen molar-refractivity contribution in [2.45, 2.75) is 52.0 Å². The van der Waals surface area contributed by atoms with Gasteiger partial charge in [-0.2, -0.15) is 0 Å². The fourth-order valence-electron chi connectivity index (χ4n) is 1.85. The molecule has 3 nitrogen and oxygen atoms in total. The Bertz CT molecular complexity index is 338. The van der Waals surface area contributed by atoms with Crippen LogP contribution in [0.5, 0.6) is 0 Å². The molecule has 102 valence electrons. The molecule has 0 spiro atoms. The predicted molar refractivity (Wildman–Crippen MR) is 78.9 cm³/mol. The maximum absolute atomic E-state index is 10.9. The Kier molecular flexibility index (Phi) is 9.56. The van der Waals surface area contributed by atoms with Gasteiger partial charge in [0.2, 0.25) is 5.91 Å². The van der Waals surface area contributed by atoms with Gasteiger partial charge in [0.05, 0.1) is 5.56 Å². The number of hydrogen-bond acceptors (Lipinski definition) is 1. The summed E-state index contributed by atoms with van der Waals surface area (Å²) in [5.74, 6) is -0.364. The second-order valence-electron chi connectivity index (χ2n) is 4.46. The van der Waals surface area contributed by atoms with Gasteiger partial charge in [-0.1, -0.05) is 32.6 Å². The van der Waals surface area contributed by atoms with E-state index in [0.29, 0.717) is 5.56 Å². The number of carbonyl (C=O) groups is 1. The number of halogens is 1. The molecule has 1 aromatic heterocycles. The molecular formula is C14H24BrN2O+. The smallest absolute Gasteiger partial charge is 0.249 e. The zero-order valence-corrected chi connectivity index (χ0v) is 12.8. The zero-order chi connectivity index (χ0) is 12.5. The van der Waals surface area contributed by atoms with E-state index < -0.39 is 0 Å². The van der Waals surface area contributed by atoms with E-state index in [1.165, 1.54) is 38.5 Å². The van der Waals surface area contributed by atoms with Crippen LogP contribution in [0.2, 0.25) is 0 Å². The van der Waals surface area contributed by atoms with Crippen molar-refractivity contribution in [3.8, 4) is 0 Å². The first-order valence-electron chi connectivity index (χ1n) is 6.53. The van der Waals surface area contributed by atoms with Crippen LogP contribution < -0.4 is 10.3 Å². The molecule has 0 aromatic carbocycles. The van der Waals surface area contributed by atoms with Crippen molar-refractivity contribution in [3.63, 3.8) is 0 Å². The Morgan fingerprint density at radius 3 is 2.22 bits per heavy atom. The average molecular weight is 316 g/mol. The number of nitrogens with two attached hydrogens (primary N) is 1. The summed E-state index contributed by atoms with van der Waals surface area (Å²) in [6.45, 7) is 3.25. The van der Waals surface area contributed by atoms with Crippen LogP contribution in [0.1, 0.15) is 55.8 Å². The van der Waals surface area contributed by atoms with Gasteiger partial charge in [-0.3, -0.25) is 4.79 Å².